The van der Waals surface area contributed by atoms with Crippen molar-refractivity contribution >= 4 is 5.96 Å². The molecule has 0 radical (unpaired) electrons. The van der Waals surface area contributed by atoms with Crippen molar-refractivity contribution in [2.24, 2.45) is 4.99 Å². The minimum absolute atomic E-state index is 0.327. The maximum atomic E-state index is 13.3. The lowest BCUT2D eigenvalue weighted by Gasteiger charge is -2.24. The van der Waals surface area contributed by atoms with Crippen molar-refractivity contribution < 1.29 is 9.50 Å². The number of hydrogen-bond acceptors (Lipinski definition) is 3. The van der Waals surface area contributed by atoms with Crippen LogP contribution in [0, 0.1) is 5.82 Å². The summed E-state index contributed by atoms with van der Waals surface area (Å²) < 4.78 is 13.3. The maximum absolute atomic E-state index is 13.3. The first-order chi connectivity index (χ1) is 10.6. The molecule has 1 aromatic rings. The van der Waals surface area contributed by atoms with Gasteiger partial charge >= 0.3 is 0 Å². The molecule has 1 unspecified atom stereocenters. The van der Waals surface area contributed by atoms with E-state index in [2.05, 4.69) is 27.4 Å². The van der Waals surface area contributed by atoms with E-state index in [1.807, 2.05) is 0 Å². The minimum Gasteiger partial charge on any atom is -0.505 e. The SMILES string of the molecule is CCN1CCCC1CNC(=NC)NCc1ccc(O)c(F)c1. The number of nitrogens with one attached hydrogen (secondary N) is 2. The fourth-order valence-electron chi connectivity index (χ4n) is 2.82. The Morgan fingerprint density at radius 1 is 1.45 bits per heavy atom. The van der Waals surface area contributed by atoms with Crippen LogP contribution in [-0.2, 0) is 6.54 Å². The number of aliphatic imine (C=N–C) groups is 1. The van der Waals surface area contributed by atoms with Gasteiger partial charge in [0, 0.05) is 26.2 Å². The van der Waals surface area contributed by atoms with Crippen LogP contribution in [0.1, 0.15) is 25.3 Å². The first-order valence-electron chi connectivity index (χ1n) is 7.80. The van der Waals surface area contributed by atoms with Crippen LogP contribution in [0.5, 0.6) is 5.75 Å². The fourth-order valence-corrected chi connectivity index (χ4v) is 2.82. The smallest absolute Gasteiger partial charge is 0.191 e. The second-order valence-corrected chi connectivity index (χ2v) is 5.52. The van der Waals surface area contributed by atoms with Crippen LogP contribution in [0.15, 0.2) is 23.2 Å². The topological polar surface area (TPSA) is 59.9 Å². The quantitative estimate of drug-likeness (QED) is 0.572. The molecule has 0 amide bonds. The second-order valence-electron chi connectivity index (χ2n) is 5.52. The van der Waals surface area contributed by atoms with Gasteiger partial charge in [-0.25, -0.2) is 4.39 Å². The molecule has 0 saturated carbocycles. The molecule has 0 bridgehead atoms. The molecule has 0 aliphatic carbocycles. The predicted octanol–water partition coefficient (Wildman–Crippen LogP) is 1.68. The first-order valence-corrected chi connectivity index (χ1v) is 7.80. The number of guanidine groups is 1. The number of nitrogens with zero attached hydrogens (tertiary/aromatic N) is 2. The first kappa shape index (κ1) is 16.5. The number of rotatable bonds is 5. The van der Waals surface area contributed by atoms with E-state index in [1.54, 1.807) is 13.1 Å². The molecule has 22 heavy (non-hydrogen) atoms. The molecular formula is C16H25FN4O. The molecule has 6 heteroatoms. The Labute approximate surface area is 131 Å². The van der Waals surface area contributed by atoms with Crippen molar-refractivity contribution in [1.29, 1.82) is 0 Å². The number of hydrogen-bond donors (Lipinski definition) is 3. The molecule has 1 saturated heterocycles. The largest absolute Gasteiger partial charge is 0.505 e. The van der Waals surface area contributed by atoms with Crippen LogP contribution >= 0.6 is 0 Å². The summed E-state index contributed by atoms with van der Waals surface area (Å²) in [6.07, 6.45) is 2.46. The van der Waals surface area contributed by atoms with Crippen LogP contribution in [0.4, 0.5) is 4.39 Å². The van der Waals surface area contributed by atoms with Gasteiger partial charge in [0.1, 0.15) is 0 Å². The van der Waals surface area contributed by atoms with Crippen LogP contribution < -0.4 is 10.6 Å². The molecule has 0 aromatic heterocycles. The van der Waals surface area contributed by atoms with Crippen LogP contribution in [0.2, 0.25) is 0 Å². The highest BCUT2D eigenvalue weighted by atomic mass is 19.1. The van der Waals surface area contributed by atoms with Crippen molar-refractivity contribution in [3.8, 4) is 5.75 Å². The van der Waals surface area contributed by atoms with Crippen LogP contribution in [0.25, 0.3) is 0 Å². The van der Waals surface area contributed by atoms with Crippen molar-refractivity contribution in [2.75, 3.05) is 26.7 Å². The van der Waals surface area contributed by atoms with Gasteiger partial charge in [-0.15, -0.1) is 0 Å². The van der Waals surface area contributed by atoms with E-state index in [0.29, 0.717) is 18.5 Å². The third-order valence-corrected chi connectivity index (χ3v) is 4.11. The molecule has 1 heterocycles. The molecule has 1 atom stereocenters. The molecular weight excluding hydrogens is 283 g/mol. The third-order valence-electron chi connectivity index (χ3n) is 4.11. The fraction of sp³-hybridized carbons (Fsp3) is 0.562. The van der Waals surface area contributed by atoms with E-state index in [4.69, 9.17) is 0 Å². The second kappa shape index (κ2) is 7.98. The van der Waals surface area contributed by atoms with Gasteiger partial charge < -0.3 is 15.7 Å². The number of phenolic OH excluding ortho intramolecular Hbond substituents is 1. The monoisotopic (exact) mass is 308 g/mol. The molecule has 1 aliphatic rings. The molecule has 122 valence electrons. The van der Waals surface area contributed by atoms with E-state index in [1.165, 1.54) is 31.5 Å². The average Bonchev–Trinajstić information content (AvgIpc) is 2.98. The van der Waals surface area contributed by atoms with Gasteiger partial charge in [-0.2, -0.15) is 0 Å². The Morgan fingerprint density at radius 2 is 2.27 bits per heavy atom. The highest BCUT2D eigenvalue weighted by Gasteiger charge is 2.22. The summed E-state index contributed by atoms with van der Waals surface area (Å²) in [6.45, 7) is 5.74. The molecule has 2 rings (SSSR count). The molecule has 1 aromatic carbocycles. The molecule has 1 aliphatic heterocycles. The van der Waals surface area contributed by atoms with Crippen molar-refractivity contribution in [2.45, 2.75) is 32.4 Å². The lowest BCUT2D eigenvalue weighted by Crippen LogP contribution is -2.44. The lowest BCUT2D eigenvalue weighted by molar-refractivity contribution is 0.267. The highest BCUT2D eigenvalue weighted by molar-refractivity contribution is 5.79. The van der Waals surface area contributed by atoms with Crippen molar-refractivity contribution in [3.05, 3.63) is 29.6 Å². The van der Waals surface area contributed by atoms with E-state index >= 15 is 0 Å². The normalized spacial score (nSPS) is 19.4. The van der Waals surface area contributed by atoms with Crippen molar-refractivity contribution in [1.82, 2.24) is 15.5 Å². The molecule has 0 spiro atoms. The van der Waals surface area contributed by atoms with Crippen molar-refractivity contribution in [3.63, 3.8) is 0 Å². The zero-order chi connectivity index (χ0) is 15.9. The third kappa shape index (κ3) is 4.34. The van der Waals surface area contributed by atoms with Gasteiger partial charge in [-0.3, -0.25) is 9.89 Å². The number of aromatic hydroxyl groups is 1. The summed E-state index contributed by atoms with van der Waals surface area (Å²) in [6, 6.07) is 4.93. The summed E-state index contributed by atoms with van der Waals surface area (Å²) in [5, 5.41) is 15.7. The summed E-state index contributed by atoms with van der Waals surface area (Å²) >= 11 is 0. The van der Waals surface area contributed by atoms with E-state index in [-0.39, 0.29) is 5.75 Å². The molecule has 1 fully saturated rings. The average molecular weight is 308 g/mol. The number of benzene rings is 1. The van der Waals surface area contributed by atoms with E-state index < -0.39 is 5.82 Å². The Morgan fingerprint density at radius 3 is 2.95 bits per heavy atom. The predicted molar refractivity (Wildman–Crippen MR) is 86.5 cm³/mol. The molecule has 5 nitrogen and oxygen atoms in total. The zero-order valence-electron chi connectivity index (χ0n) is 13.3. The summed E-state index contributed by atoms with van der Waals surface area (Å²) in [7, 11) is 1.72. The lowest BCUT2D eigenvalue weighted by atomic mass is 10.2. The Kier molecular flexibility index (Phi) is 6.00. The molecule has 3 N–H and O–H groups in total. The van der Waals surface area contributed by atoms with Crippen LogP contribution in [0.3, 0.4) is 0 Å². The van der Waals surface area contributed by atoms with E-state index in [0.717, 1.165) is 18.7 Å². The van der Waals surface area contributed by atoms with E-state index in [9.17, 15) is 9.50 Å². The van der Waals surface area contributed by atoms with Gasteiger partial charge in [0.25, 0.3) is 0 Å². The standard InChI is InChI=1S/C16H25FN4O/c1-3-21-8-4-5-13(21)11-20-16(18-2)19-10-12-6-7-15(22)14(17)9-12/h6-7,9,13,22H,3-5,8,10-11H2,1-2H3,(H2,18,19,20). The van der Waals surface area contributed by atoms with Gasteiger partial charge in [-0.1, -0.05) is 13.0 Å². The summed E-state index contributed by atoms with van der Waals surface area (Å²) in [5.74, 6) is -0.227. The number of halogens is 1. The van der Waals surface area contributed by atoms with Gasteiger partial charge in [-0.05, 0) is 43.6 Å². The Hall–Kier alpha value is -1.82. The number of likely N-dealkylation sites (N-methyl/N-ethyl adjacent to an activating group) is 1. The minimum atomic E-state index is -0.605. The Bertz CT molecular complexity index is 521. The Balaban J connectivity index is 1.81. The number of phenols is 1. The maximum Gasteiger partial charge on any atom is 0.191 e. The van der Waals surface area contributed by atoms with Crippen LogP contribution in [-0.4, -0.2) is 48.7 Å². The number of likely N-dealkylation sites (tertiary alicyclic amines) is 1. The summed E-state index contributed by atoms with van der Waals surface area (Å²) in [5.41, 5.74) is 0.759. The zero-order valence-corrected chi connectivity index (χ0v) is 13.3. The summed E-state index contributed by atoms with van der Waals surface area (Å²) in [4.78, 5) is 6.66. The van der Waals surface area contributed by atoms with Gasteiger partial charge in [0.2, 0.25) is 0 Å². The van der Waals surface area contributed by atoms with Gasteiger partial charge in [0.15, 0.2) is 17.5 Å². The van der Waals surface area contributed by atoms with Gasteiger partial charge in [0.05, 0.1) is 0 Å². The highest BCUT2D eigenvalue weighted by Crippen LogP contribution is 2.16.